The Balaban J connectivity index is 1.70. The van der Waals surface area contributed by atoms with Gasteiger partial charge in [-0.05, 0) is 25.0 Å². The molecule has 0 unspecified atom stereocenters. The number of carbonyl (C=O) groups is 1. The van der Waals surface area contributed by atoms with Gasteiger partial charge in [0.1, 0.15) is 11.7 Å². The van der Waals surface area contributed by atoms with Crippen LogP contribution in [0.4, 0.5) is 5.95 Å². The molecular formula is C20H21N7O. The molecule has 0 radical (unpaired) electrons. The zero-order valence-corrected chi connectivity index (χ0v) is 15.9. The molecule has 0 bridgehead atoms. The van der Waals surface area contributed by atoms with Gasteiger partial charge in [-0.2, -0.15) is 5.26 Å². The monoisotopic (exact) mass is 375 g/mol. The van der Waals surface area contributed by atoms with Crippen molar-refractivity contribution in [3.8, 4) is 17.3 Å². The van der Waals surface area contributed by atoms with Crippen LogP contribution in [0.2, 0.25) is 0 Å². The summed E-state index contributed by atoms with van der Waals surface area (Å²) in [5.41, 5.74) is 3.91. The van der Waals surface area contributed by atoms with E-state index < -0.39 is 0 Å². The van der Waals surface area contributed by atoms with Crippen molar-refractivity contribution in [1.29, 1.82) is 5.26 Å². The van der Waals surface area contributed by atoms with Gasteiger partial charge in [0, 0.05) is 62.6 Å². The predicted octanol–water partition coefficient (Wildman–Crippen LogP) is 2.26. The third kappa shape index (κ3) is 3.27. The minimum absolute atomic E-state index is 0.104. The van der Waals surface area contributed by atoms with Gasteiger partial charge in [-0.15, -0.1) is 0 Å². The van der Waals surface area contributed by atoms with E-state index in [1.165, 1.54) is 0 Å². The molecule has 0 atom stereocenters. The summed E-state index contributed by atoms with van der Waals surface area (Å²) in [6.07, 6.45) is 6.14. The van der Waals surface area contributed by atoms with Crippen LogP contribution in [0.3, 0.4) is 0 Å². The van der Waals surface area contributed by atoms with E-state index in [4.69, 9.17) is 4.98 Å². The summed E-state index contributed by atoms with van der Waals surface area (Å²) in [7, 11) is 0. The Kier molecular flexibility index (Phi) is 4.65. The van der Waals surface area contributed by atoms with E-state index in [1.807, 2.05) is 30.3 Å². The number of carbonyl (C=O) groups excluding carboxylic acids is 1. The van der Waals surface area contributed by atoms with Gasteiger partial charge >= 0.3 is 0 Å². The van der Waals surface area contributed by atoms with Gasteiger partial charge in [0.05, 0.1) is 11.3 Å². The number of aromatic amines is 1. The Bertz CT molecular complexity index is 1080. The first kappa shape index (κ1) is 17.9. The van der Waals surface area contributed by atoms with Gasteiger partial charge in [-0.25, -0.2) is 15.0 Å². The van der Waals surface area contributed by atoms with Gasteiger partial charge < -0.3 is 14.8 Å². The largest absolute Gasteiger partial charge is 0.345 e. The van der Waals surface area contributed by atoms with Crippen molar-refractivity contribution in [3.63, 3.8) is 0 Å². The maximum atomic E-state index is 11.7. The number of anilines is 1. The predicted molar refractivity (Wildman–Crippen MR) is 106 cm³/mol. The number of rotatable bonds is 2. The summed E-state index contributed by atoms with van der Waals surface area (Å²) < 4.78 is 0. The maximum Gasteiger partial charge on any atom is 0.225 e. The van der Waals surface area contributed by atoms with Gasteiger partial charge in [0.15, 0.2) is 0 Å². The van der Waals surface area contributed by atoms with E-state index >= 15 is 0 Å². The van der Waals surface area contributed by atoms with Gasteiger partial charge in [-0.3, -0.25) is 4.79 Å². The molecule has 0 aromatic carbocycles. The van der Waals surface area contributed by atoms with Crippen LogP contribution in [0.5, 0.6) is 0 Å². The van der Waals surface area contributed by atoms with Gasteiger partial charge in [0.25, 0.3) is 0 Å². The van der Waals surface area contributed by atoms with Gasteiger partial charge in [-0.1, -0.05) is 0 Å². The quantitative estimate of drug-likeness (QED) is 0.737. The molecule has 1 saturated heterocycles. The topological polar surface area (TPSA) is 102 Å². The highest BCUT2D eigenvalue weighted by atomic mass is 16.2. The van der Waals surface area contributed by atoms with Crippen LogP contribution in [-0.4, -0.2) is 56.9 Å². The lowest BCUT2D eigenvalue weighted by atomic mass is 10.1. The summed E-state index contributed by atoms with van der Waals surface area (Å²) in [6.45, 7) is 6.52. The second kappa shape index (κ2) is 7.27. The highest BCUT2D eigenvalue weighted by Crippen LogP contribution is 2.30. The van der Waals surface area contributed by atoms with E-state index in [-0.39, 0.29) is 5.91 Å². The van der Waals surface area contributed by atoms with Crippen LogP contribution in [0.1, 0.15) is 24.5 Å². The van der Waals surface area contributed by atoms with Crippen LogP contribution in [0, 0.1) is 18.3 Å². The fraction of sp³-hybridized carbons (Fsp3) is 0.350. The number of H-pyrrole nitrogens is 1. The number of nitrogens with zero attached hydrogens (tertiary/aromatic N) is 6. The molecule has 1 fully saturated rings. The summed E-state index contributed by atoms with van der Waals surface area (Å²) >= 11 is 0. The van der Waals surface area contributed by atoms with E-state index in [1.54, 1.807) is 13.1 Å². The zero-order valence-electron chi connectivity index (χ0n) is 15.9. The second-order valence-electron chi connectivity index (χ2n) is 6.98. The van der Waals surface area contributed by atoms with Crippen molar-refractivity contribution in [2.45, 2.75) is 20.3 Å². The Hall–Kier alpha value is -3.47. The highest BCUT2D eigenvalue weighted by molar-refractivity contribution is 5.94. The summed E-state index contributed by atoms with van der Waals surface area (Å²) in [5.74, 6) is 0.761. The van der Waals surface area contributed by atoms with Crippen LogP contribution in [0.25, 0.3) is 22.3 Å². The number of hydrogen-bond acceptors (Lipinski definition) is 6. The molecule has 142 valence electrons. The lowest BCUT2D eigenvalue weighted by Gasteiger charge is -2.22. The number of amides is 1. The van der Waals surface area contributed by atoms with Gasteiger partial charge in [0.2, 0.25) is 11.9 Å². The standard InChI is InChI=1S/C20H21N7O/c1-13-10-24-20(27-5-3-4-26(6-7-27)14(2)28)25-18(13)17-12-23-19-16(17)8-15(9-21)11-22-19/h8,10-12H,3-7H2,1-2H3,(H,22,23). The molecule has 0 spiro atoms. The van der Waals surface area contributed by atoms with Crippen LogP contribution < -0.4 is 4.90 Å². The minimum Gasteiger partial charge on any atom is -0.345 e. The maximum absolute atomic E-state index is 11.7. The van der Waals surface area contributed by atoms with Crippen molar-refractivity contribution >= 4 is 22.9 Å². The average Bonchev–Trinajstić information content (AvgIpc) is 2.95. The normalized spacial score (nSPS) is 14.8. The molecule has 0 saturated carbocycles. The summed E-state index contributed by atoms with van der Waals surface area (Å²) in [4.78, 5) is 32.5. The van der Waals surface area contributed by atoms with Crippen molar-refractivity contribution < 1.29 is 4.79 Å². The first-order valence-corrected chi connectivity index (χ1v) is 9.28. The van der Waals surface area contributed by atoms with Crippen LogP contribution in [0.15, 0.2) is 24.7 Å². The van der Waals surface area contributed by atoms with E-state index in [9.17, 15) is 10.1 Å². The smallest absolute Gasteiger partial charge is 0.225 e. The molecule has 8 nitrogen and oxygen atoms in total. The Labute approximate surface area is 162 Å². The lowest BCUT2D eigenvalue weighted by molar-refractivity contribution is -0.128. The molecule has 1 aliphatic rings. The lowest BCUT2D eigenvalue weighted by Crippen LogP contribution is -2.34. The molecule has 3 aromatic rings. The second-order valence-corrected chi connectivity index (χ2v) is 6.98. The molecule has 28 heavy (non-hydrogen) atoms. The molecule has 4 rings (SSSR count). The van der Waals surface area contributed by atoms with Crippen LogP contribution >= 0.6 is 0 Å². The third-order valence-corrected chi connectivity index (χ3v) is 5.10. The number of nitrogens with one attached hydrogen (secondary N) is 1. The summed E-state index contributed by atoms with van der Waals surface area (Å²) in [5, 5.41) is 10.1. The van der Waals surface area contributed by atoms with Crippen LogP contribution in [-0.2, 0) is 4.79 Å². The number of nitriles is 1. The fourth-order valence-corrected chi connectivity index (χ4v) is 3.55. The Morgan fingerprint density at radius 2 is 2.07 bits per heavy atom. The van der Waals surface area contributed by atoms with Crippen molar-refractivity contribution in [2.75, 3.05) is 31.1 Å². The molecular weight excluding hydrogens is 354 g/mol. The molecule has 3 aromatic heterocycles. The van der Waals surface area contributed by atoms with E-state index in [2.05, 4.69) is 25.9 Å². The number of fused-ring (bicyclic) bond motifs is 1. The number of hydrogen-bond donors (Lipinski definition) is 1. The minimum atomic E-state index is 0.104. The van der Waals surface area contributed by atoms with Crippen molar-refractivity contribution in [2.24, 2.45) is 0 Å². The first-order valence-electron chi connectivity index (χ1n) is 9.28. The van der Waals surface area contributed by atoms with Crippen molar-refractivity contribution in [1.82, 2.24) is 24.8 Å². The van der Waals surface area contributed by atoms with E-state index in [0.29, 0.717) is 24.6 Å². The first-order chi connectivity index (χ1) is 13.6. The Morgan fingerprint density at radius 1 is 1.21 bits per heavy atom. The molecule has 1 aliphatic heterocycles. The Morgan fingerprint density at radius 3 is 2.86 bits per heavy atom. The molecule has 8 heteroatoms. The SMILES string of the molecule is CC(=O)N1CCCN(c2ncc(C)c(-c3c[nH]c4ncc(C#N)cc34)n2)CC1. The highest BCUT2D eigenvalue weighted by Gasteiger charge is 2.20. The molecule has 1 amide bonds. The zero-order chi connectivity index (χ0) is 19.7. The molecule has 4 heterocycles. The number of pyridine rings is 1. The summed E-state index contributed by atoms with van der Waals surface area (Å²) in [6, 6.07) is 3.96. The molecule has 1 N–H and O–H groups in total. The fourth-order valence-electron chi connectivity index (χ4n) is 3.55. The number of aromatic nitrogens is 4. The van der Waals surface area contributed by atoms with E-state index in [0.717, 1.165) is 47.4 Å². The third-order valence-electron chi connectivity index (χ3n) is 5.10. The molecule has 0 aliphatic carbocycles. The average molecular weight is 375 g/mol. The van der Waals surface area contributed by atoms with Crippen molar-refractivity contribution in [3.05, 3.63) is 35.8 Å². The number of aryl methyl sites for hydroxylation is 1.